The summed E-state index contributed by atoms with van der Waals surface area (Å²) in [4.78, 5) is 70.5. The van der Waals surface area contributed by atoms with Gasteiger partial charge in [-0.3, -0.25) is 19.6 Å². The van der Waals surface area contributed by atoms with Gasteiger partial charge in [0.1, 0.15) is 18.2 Å². The molecule has 0 unspecified atom stereocenters. The van der Waals surface area contributed by atoms with E-state index in [2.05, 4.69) is 40.4 Å². The van der Waals surface area contributed by atoms with Crippen LogP contribution in [-0.4, -0.2) is 123 Å². The number of fused-ring (bicyclic) bond motifs is 6. The molecule has 5 aromatic rings. The number of aromatic nitrogens is 3. The number of amides is 4. The number of pyridine rings is 1. The molecule has 3 N–H and O–H groups in total. The highest BCUT2D eigenvalue weighted by Crippen LogP contribution is 2.42. The predicted octanol–water partition coefficient (Wildman–Crippen LogP) is 6.67. The van der Waals surface area contributed by atoms with Gasteiger partial charge in [0.05, 0.1) is 48.0 Å². The molecule has 0 saturated carbocycles. The zero-order valence-corrected chi connectivity index (χ0v) is 41.1. The summed E-state index contributed by atoms with van der Waals surface area (Å²) < 4.78 is 20.1. The molecule has 0 spiro atoms. The topological polar surface area (TPSA) is 181 Å². The Morgan fingerprint density at radius 1 is 1.09 bits per heavy atom. The molecular formula is C51H64N8O8S. The summed E-state index contributed by atoms with van der Waals surface area (Å²) in [6.45, 7) is 13.6. The number of ether oxygens (including phenoxy) is 3. The molecule has 8 rings (SSSR count). The Kier molecular flexibility index (Phi) is 14.4. The van der Waals surface area contributed by atoms with Crippen LogP contribution in [0, 0.1) is 11.3 Å². The smallest absolute Gasteiger partial charge is 0.355 e. The van der Waals surface area contributed by atoms with Crippen LogP contribution in [0.1, 0.15) is 88.4 Å². The van der Waals surface area contributed by atoms with Gasteiger partial charge in [-0.2, -0.15) is 5.43 Å². The molecule has 0 radical (unpaired) electrons. The van der Waals surface area contributed by atoms with Gasteiger partial charge in [-0.15, -0.1) is 11.3 Å². The van der Waals surface area contributed by atoms with Gasteiger partial charge in [0.15, 0.2) is 0 Å². The van der Waals surface area contributed by atoms with Crippen LogP contribution in [0.2, 0.25) is 0 Å². The maximum absolute atomic E-state index is 14.7. The van der Waals surface area contributed by atoms with Crippen molar-refractivity contribution in [2.24, 2.45) is 11.3 Å². The first kappa shape index (κ1) is 48.7. The van der Waals surface area contributed by atoms with E-state index < -0.39 is 41.0 Å². The number of likely N-dealkylation sites (N-methyl/N-ethyl adjacent to an activating group) is 1. The van der Waals surface area contributed by atoms with Crippen LogP contribution in [-0.2, 0) is 48.0 Å². The zero-order valence-electron chi connectivity index (χ0n) is 40.3. The maximum Gasteiger partial charge on any atom is 0.355 e. The lowest BCUT2D eigenvalue weighted by Crippen LogP contribution is -2.67. The van der Waals surface area contributed by atoms with E-state index in [9.17, 15) is 24.3 Å². The van der Waals surface area contributed by atoms with Gasteiger partial charge in [0.25, 0.3) is 5.91 Å². The number of nitrogens with one attached hydrogen (secondary N) is 2. The largest absolute Gasteiger partial charge is 0.462 e. The fourth-order valence-corrected chi connectivity index (χ4v) is 10.7. The number of methoxy groups -OCH3 is 1. The lowest BCUT2D eigenvalue weighted by Gasteiger charge is -2.41. The van der Waals surface area contributed by atoms with Gasteiger partial charge in [-0.1, -0.05) is 64.1 Å². The molecule has 362 valence electrons. The minimum atomic E-state index is -2.22. The van der Waals surface area contributed by atoms with Crippen molar-refractivity contribution in [2.75, 3.05) is 47.0 Å². The number of esters is 1. The number of urea groups is 1. The highest BCUT2D eigenvalue weighted by molar-refractivity contribution is 7.10. The van der Waals surface area contributed by atoms with E-state index in [4.69, 9.17) is 24.2 Å². The minimum absolute atomic E-state index is 0.000498. The van der Waals surface area contributed by atoms with Crippen LogP contribution in [0.3, 0.4) is 0 Å². The SMILES string of the molecule is CCn1c(-c2cccnc2[C@H](C)OC)c2c3cc(ccc31)-c1csc(n1)C[C@H](NC(=O)[C@H](C(C)C)N(C)C(=O)N1CCO[C@H](c3ccccc3)C1)C(=O)N1CCC[C@@](O)(N1)C(=O)OCC(C)(C)C2. The normalized spacial score (nSPS) is 22.1. The predicted molar refractivity (Wildman–Crippen MR) is 259 cm³/mol. The van der Waals surface area contributed by atoms with Crippen molar-refractivity contribution in [2.45, 2.75) is 104 Å². The first-order valence-electron chi connectivity index (χ1n) is 23.6. The van der Waals surface area contributed by atoms with Gasteiger partial charge in [-0.05, 0) is 68.0 Å². The van der Waals surface area contributed by atoms with Gasteiger partial charge >= 0.3 is 12.0 Å². The number of hydrogen-bond acceptors (Lipinski definition) is 12. The van der Waals surface area contributed by atoms with E-state index in [-0.39, 0.29) is 56.6 Å². The third kappa shape index (κ3) is 9.90. The third-order valence-electron chi connectivity index (χ3n) is 13.4. The Morgan fingerprint density at radius 2 is 1.87 bits per heavy atom. The van der Waals surface area contributed by atoms with Gasteiger partial charge in [-0.25, -0.2) is 14.6 Å². The van der Waals surface area contributed by atoms with Crippen molar-refractivity contribution in [1.82, 2.24) is 40.1 Å². The standard InChI is InChI=1S/C51H64N8O8S/c1-9-58-40-19-18-34-25-36(40)37(45(58)35-17-13-21-52-43(35)32(4)65-8)27-50(5,6)30-67-48(62)51(64)20-14-22-59(55-51)47(61)38(26-42-53-39(34)29-68-42)54-46(60)44(31(2)3)56(7)49(63)57-23-24-66-41(28-57)33-15-11-10-12-16-33/h10-13,15-19,21,25,29,31-32,38,41,44,55,64H,9,14,20,22-24,26-28,30H2,1-8H3,(H,54,60)/t32-,38-,41-,44-,51-/m0/s1. The first-order chi connectivity index (χ1) is 32.5. The number of hydrogen-bond donors (Lipinski definition) is 3. The number of nitrogens with zero attached hydrogens (tertiary/aromatic N) is 6. The average molecular weight is 949 g/mol. The number of hydrazine groups is 1. The number of cyclic esters (lactones) is 1. The van der Waals surface area contributed by atoms with Gasteiger partial charge in [0.2, 0.25) is 11.6 Å². The molecule has 2 fully saturated rings. The zero-order chi connectivity index (χ0) is 48.5. The molecule has 3 aliphatic heterocycles. The van der Waals surface area contributed by atoms with E-state index >= 15 is 0 Å². The second kappa shape index (κ2) is 20.1. The number of morpholine rings is 1. The molecule has 6 bridgehead atoms. The summed E-state index contributed by atoms with van der Waals surface area (Å²) >= 11 is 1.37. The van der Waals surface area contributed by atoms with Crippen molar-refractivity contribution in [3.8, 4) is 22.5 Å². The molecule has 16 nitrogen and oxygen atoms in total. The molecule has 5 atom stereocenters. The second-order valence-corrected chi connectivity index (χ2v) is 20.2. The molecular weight excluding hydrogens is 885 g/mol. The summed E-state index contributed by atoms with van der Waals surface area (Å²) in [5.74, 6) is -2.35. The third-order valence-corrected chi connectivity index (χ3v) is 14.2. The maximum atomic E-state index is 14.7. The number of thiazole rings is 1. The molecule has 3 aromatic heterocycles. The summed E-state index contributed by atoms with van der Waals surface area (Å²) in [5.41, 5.74) is 7.27. The summed E-state index contributed by atoms with van der Waals surface area (Å²) in [6, 6.07) is 17.5. The first-order valence-corrected chi connectivity index (χ1v) is 24.5. The van der Waals surface area contributed by atoms with Crippen molar-refractivity contribution >= 4 is 46.1 Å². The van der Waals surface area contributed by atoms with Crippen LogP contribution < -0.4 is 10.7 Å². The van der Waals surface area contributed by atoms with Crippen LogP contribution in [0.15, 0.2) is 72.2 Å². The van der Waals surface area contributed by atoms with Crippen LogP contribution in [0.25, 0.3) is 33.4 Å². The Hall–Kier alpha value is -5.72. The molecule has 2 aromatic carbocycles. The van der Waals surface area contributed by atoms with Crippen molar-refractivity contribution in [1.29, 1.82) is 0 Å². The molecule has 6 heterocycles. The molecule has 68 heavy (non-hydrogen) atoms. The van der Waals surface area contributed by atoms with E-state index in [0.29, 0.717) is 43.4 Å². The lowest BCUT2D eigenvalue weighted by molar-refractivity contribution is -0.189. The van der Waals surface area contributed by atoms with E-state index in [0.717, 1.165) is 44.5 Å². The fraction of sp³-hybridized carbons (Fsp3) is 0.490. The number of carbonyl (C=O) groups excluding carboxylic acids is 4. The Balaban J connectivity index is 1.16. The van der Waals surface area contributed by atoms with E-state index in [1.165, 1.54) is 21.2 Å². The number of rotatable bonds is 9. The van der Waals surface area contributed by atoms with Crippen molar-refractivity contribution in [3.05, 3.63) is 94.1 Å². The second-order valence-electron chi connectivity index (χ2n) is 19.3. The quantitative estimate of drug-likeness (QED) is 0.134. The Morgan fingerprint density at radius 3 is 2.60 bits per heavy atom. The number of aryl methyl sites for hydroxylation is 1. The molecule has 2 saturated heterocycles. The fourth-order valence-electron chi connectivity index (χ4n) is 9.82. The van der Waals surface area contributed by atoms with E-state index in [1.807, 2.05) is 82.5 Å². The van der Waals surface area contributed by atoms with Crippen molar-refractivity contribution < 1.29 is 38.5 Å². The van der Waals surface area contributed by atoms with Crippen LogP contribution in [0.5, 0.6) is 0 Å². The van der Waals surface area contributed by atoms with Crippen molar-refractivity contribution in [3.63, 3.8) is 0 Å². The Labute approximate surface area is 401 Å². The van der Waals surface area contributed by atoms with Gasteiger partial charge < -0.3 is 39.0 Å². The monoisotopic (exact) mass is 948 g/mol. The lowest BCUT2D eigenvalue weighted by atomic mass is 9.84. The minimum Gasteiger partial charge on any atom is -0.462 e. The number of benzene rings is 2. The summed E-state index contributed by atoms with van der Waals surface area (Å²) in [7, 11) is 3.27. The molecule has 4 amide bonds. The molecule has 17 heteroatoms. The average Bonchev–Trinajstić information content (AvgIpc) is 3.93. The van der Waals surface area contributed by atoms with E-state index in [1.54, 1.807) is 25.3 Å². The molecule has 0 aliphatic carbocycles. The number of aliphatic hydroxyl groups is 1. The summed E-state index contributed by atoms with van der Waals surface area (Å²) in [6.07, 6.45) is 1.94. The highest BCUT2D eigenvalue weighted by Gasteiger charge is 2.46. The van der Waals surface area contributed by atoms with Crippen LogP contribution >= 0.6 is 11.3 Å². The highest BCUT2D eigenvalue weighted by atomic mass is 32.1. The number of carbonyl (C=O) groups is 4. The Bertz CT molecular complexity index is 2650. The van der Waals surface area contributed by atoms with Crippen LogP contribution in [0.4, 0.5) is 4.79 Å². The summed E-state index contributed by atoms with van der Waals surface area (Å²) in [5, 5.41) is 19.6. The molecule has 3 aliphatic rings. The van der Waals surface area contributed by atoms with Gasteiger partial charge in [0, 0.05) is 85.7 Å².